The lowest BCUT2D eigenvalue weighted by atomic mass is 10.00. The molecule has 0 rings (SSSR count). The first kappa shape index (κ1) is 88.1. The third-order valence-corrected chi connectivity index (χ3v) is 18.9. The predicted molar refractivity (Wildman–Crippen MR) is 363 cm³/mol. The molecule has 17 nitrogen and oxygen atoms in total. The van der Waals surface area contributed by atoms with E-state index in [1.165, 1.54) is 148 Å². The topological polar surface area (TPSA) is 237 Å². The number of phosphoric ester groups is 2. The van der Waals surface area contributed by atoms with Gasteiger partial charge in [0.25, 0.3) is 0 Å². The maximum Gasteiger partial charge on any atom is 0.472 e. The zero-order valence-electron chi connectivity index (χ0n) is 58.8. The van der Waals surface area contributed by atoms with Crippen LogP contribution in [0.2, 0.25) is 0 Å². The lowest BCUT2D eigenvalue weighted by Gasteiger charge is -2.21. The van der Waals surface area contributed by atoms with E-state index in [1.807, 2.05) is 0 Å². The Kier molecular flexibility index (Phi) is 59.4. The fourth-order valence-corrected chi connectivity index (χ4v) is 12.2. The van der Waals surface area contributed by atoms with Crippen LogP contribution in [0, 0.1) is 23.7 Å². The number of ether oxygens (including phenoxy) is 4. The Morgan fingerprint density at radius 2 is 0.533 bits per heavy atom. The third-order valence-electron chi connectivity index (χ3n) is 17.0. The van der Waals surface area contributed by atoms with E-state index in [4.69, 9.17) is 37.0 Å². The summed E-state index contributed by atoms with van der Waals surface area (Å²) < 4.78 is 68.3. The Labute approximate surface area is 549 Å². The van der Waals surface area contributed by atoms with Crippen LogP contribution in [0.5, 0.6) is 0 Å². The van der Waals surface area contributed by atoms with Gasteiger partial charge in [-0.05, 0) is 49.4 Å². The lowest BCUT2D eigenvalue weighted by Crippen LogP contribution is -2.30. The Morgan fingerprint density at radius 1 is 0.311 bits per heavy atom. The van der Waals surface area contributed by atoms with Crippen molar-refractivity contribution in [1.29, 1.82) is 0 Å². The largest absolute Gasteiger partial charge is 0.472 e. The molecule has 534 valence electrons. The quantitative estimate of drug-likeness (QED) is 0.0222. The maximum absolute atomic E-state index is 13.0. The molecule has 0 amide bonds. The highest BCUT2D eigenvalue weighted by molar-refractivity contribution is 7.47. The van der Waals surface area contributed by atoms with Gasteiger partial charge in [0, 0.05) is 25.7 Å². The van der Waals surface area contributed by atoms with Crippen LogP contribution in [-0.2, 0) is 65.4 Å². The van der Waals surface area contributed by atoms with Crippen LogP contribution in [0.25, 0.3) is 0 Å². The van der Waals surface area contributed by atoms with Gasteiger partial charge >= 0.3 is 39.5 Å². The summed E-state index contributed by atoms with van der Waals surface area (Å²) >= 11 is 0. The zero-order valence-corrected chi connectivity index (χ0v) is 60.6. The van der Waals surface area contributed by atoms with Crippen molar-refractivity contribution >= 4 is 39.5 Å². The van der Waals surface area contributed by atoms with Gasteiger partial charge in [0.1, 0.15) is 19.3 Å². The molecule has 3 N–H and O–H groups in total. The number of unbranched alkanes of at least 4 members (excludes halogenated alkanes) is 32. The molecule has 0 radical (unpaired) electrons. The smallest absolute Gasteiger partial charge is 0.462 e. The minimum atomic E-state index is -4.95. The SMILES string of the molecule is CCC(C)CCCCCCCCC(=O)OC[C@H](COP(=O)(O)OC[C@H](O)COP(=O)(O)OC[C@@H](COC(=O)CCCCCCCCCCC(C)C)OC(=O)CCCCCCCCCCCCCCCCCCC(C)C)OC(=O)CCCCCCCCC(C)CC. The van der Waals surface area contributed by atoms with E-state index in [0.29, 0.717) is 25.7 Å². The van der Waals surface area contributed by atoms with Gasteiger partial charge in [0.2, 0.25) is 0 Å². The normalized spacial score (nSPS) is 14.9. The molecule has 0 aromatic rings. The summed E-state index contributed by atoms with van der Waals surface area (Å²) in [6, 6.07) is 0. The minimum absolute atomic E-state index is 0.102. The Balaban J connectivity index is 5.21. The van der Waals surface area contributed by atoms with Gasteiger partial charge in [-0.1, -0.05) is 299 Å². The van der Waals surface area contributed by atoms with Gasteiger partial charge in [-0.2, -0.15) is 0 Å². The van der Waals surface area contributed by atoms with Gasteiger partial charge in [0.05, 0.1) is 26.4 Å². The first-order valence-electron chi connectivity index (χ1n) is 36.8. The number of carbonyl (C=O) groups is 4. The molecule has 0 aromatic carbocycles. The molecule has 0 saturated heterocycles. The number of carbonyl (C=O) groups excluding carboxylic acids is 4. The van der Waals surface area contributed by atoms with Gasteiger partial charge in [0.15, 0.2) is 12.2 Å². The summed E-state index contributed by atoms with van der Waals surface area (Å²) in [6.45, 7) is 14.1. The van der Waals surface area contributed by atoms with Gasteiger partial charge in [-0.25, -0.2) is 9.13 Å². The fourth-order valence-electron chi connectivity index (χ4n) is 10.6. The second kappa shape index (κ2) is 60.7. The number of rotatable bonds is 68. The molecule has 0 spiro atoms. The van der Waals surface area contributed by atoms with Gasteiger partial charge < -0.3 is 33.8 Å². The van der Waals surface area contributed by atoms with E-state index >= 15 is 0 Å². The highest BCUT2D eigenvalue weighted by Gasteiger charge is 2.30. The number of hydrogen-bond donors (Lipinski definition) is 3. The molecule has 7 atom stereocenters. The van der Waals surface area contributed by atoms with Crippen molar-refractivity contribution in [3.63, 3.8) is 0 Å². The van der Waals surface area contributed by atoms with Crippen LogP contribution in [-0.4, -0.2) is 96.7 Å². The molecule has 0 aliphatic heterocycles. The van der Waals surface area contributed by atoms with E-state index < -0.39 is 97.5 Å². The monoisotopic (exact) mass is 1320 g/mol. The number of aliphatic hydroxyl groups excluding tert-OH is 1. The standard InChI is InChI=1S/C71H138O17P2/c1-9-63(7)49-41-33-27-29-36-44-52-69(74)82-58-67(88-71(76)54-46-38-30-28-34-42-50-64(8)10-2)60-86-90(79,80)84-56-65(72)55-83-89(77,78)85-59-66(57-81-68(73)51-43-35-25-22-21-24-32-40-48-62(5)6)87-70(75)53-45-37-26-20-18-16-14-12-11-13-15-17-19-23-31-39-47-61(3)4/h61-67,72H,9-60H2,1-8H3,(H,77,78)(H,79,80)/t63?,64?,65-,66-,67-/m1/s1. The molecule has 19 heteroatoms. The number of phosphoric acid groups is 2. The number of hydrogen-bond acceptors (Lipinski definition) is 15. The van der Waals surface area contributed by atoms with E-state index in [-0.39, 0.29) is 25.7 Å². The molecule has 0 aliphatic carbocycles. The van der Waals surface area contributed by atoms with Crippen LogP contribution in [0.1, 0.15) is 351 Å². The highest BCUT2D eigenvalue weighted by atomic mass is 31.2. The summed E-state index contributed by atoms with van der Waals surface area (Å²) in [6.07, 6.45) is 43.3. The Hall–Kier alpha value is -1.94. The predicted octanol–water partition coefficient (Wildman–Crippen LogP) is 20.1. The Morgan fingerprint density at radius 3 is 0.789 bits per heavy atom. The molecule has 0 fully saturated rings. The van der Waals surface area contributed by atoms with Crippen LogP contribution < -0.4 is 0 Å². The number of esters is 4. The summed E-state index contributed by atoms with van der Waals surface area (Å²) in [5.41, 5.74) is 0. The van der Waals surface area contributed by atoms with Crippen LogP contribution in [0.15, 0.2) is 0 Å². The van der Waals surface area contributed by atoms with Gasteiger partial charge in [-0.3, -0.25) is 37.3 Å². The molecule has 4 unspecified atom stereocenters. The van der Waals surface area contributed by atoms with Crippen LogP contribution >= 0.6 is 15.6 Å². The molecule has 0 bridgehead atoms. The lowest BCUT2D eigenvalue weighted by molar-refractivity contribution is -0.161. The molecule has 0 saturated carbocycles. The summed E-state index contributed by atoms with van der Waals surface area (Å²) in [5, 5.41) is 10.6. The highest BCUT2D eigenvalue weighted by Crippen LogP contribution is 2.45. The van der Waals surface area contributed by atoms with Crippen LogP contribution in [0.3, 0.4) is 0 Å². The summed E-state index contributed by atoms with van der Waals surface area (Å²) in [4.78, 5) is 72.5. The Bertz CT molecular complexity index is 1790. The van der Waals surface area contributed by atoms with E-state index in [2.05, 4.69) is 55.4 Å². The van der Waals surface area contributed by atoms with Crippen molar-refractivity contribution in [2.45, 2.75) is 369 Å². The average molecular weight is 1330 g/mol. The second-order valence-electron chi connectivity index (χ2n) is 27.1. The molecule has 0 heterocycles. The van der Waals surface area contributed by atoms with Crippen molar-refractivity contribution in [3.8, 4) is 0 Å². The maximum atomic E-state index is 13.0. The van der Waals surface area contributed by atoms with E-state index in [9.17, 15) is 43.2 Å². The number of aliphatic hydroxyl groups is 1. The van der Waals surface area contributed by atoms with Crippen molar-refractivity contribution in [3.05, 3.63) is 0 Å². The molecule has 0 aliphatic rings. The second-order valence-corrected chi connectivity index (χ2v) is 30.0. The van der Waals surface area contributed by atoms with Crippen LogP contribution in [0.4, 0.5) is 0 Å². The average Bonchev–Trinajstić information content (AvgIpc) is 3.65. The zero-order chi connectivity index (χ0) is 66.8. The van der Waals surface area contributed by atoms with Gasteiger partial charge in [-0.15, -0.1) is 0 Å². The van der Waals surface area contributed by atoms with Crippen molar-refractivity contribution in [2.75, 3.05) is 39.6 Å². The minimum Gasteiger partial charge on any atom is -0.462 e. The first-order valence-corrected chi connectivity index (χ1v) is 39.8. The molecule has 0 aromatic heterocycles. The van der Waals surface area contributed by atoms with Crippen molar-refractivity contribution in [2.24, 2.45) is 23.7 Å². The molecular formula is C71H138O17P2. The van der Waals surface area contributed by atoms with Crippen molar-refractivity contribution < 1.29 is 80.2 Å². The molecular weight excluding hydrogens is 1190 g/mol. The van der Waals surface area contributed by atoms with E-state index in [1.54, 1.807) is 0 Å². The fraction of sp³-hybridized carbons (Fsp3) is 0.944. The first-order chi connectivity index (χ1) is 43.2. The summed E-state index contributed by atoms with van der Waals surface area (Å²) in [7, 11) is -9.90. The molecule has 90 heavy (non-hydrogen) atoms. The summed E-state index contributed by atoms with van der Waals surface area (Å²) in [5.74, 6) is 0.854. The van der Waals surface area contributed by atoms with E-state index in [0.717, 1.165) is 120 Å². The third kappa shape index (κ3) is 62.2. The van der Waals surface area contributed by atoms with Crippen molar-refractivity contribution in [1.82, 2.24) is 0 Å².